The van der Waals surface area contributed by atoms with E-state index in [1.165, 1.54) is 0 Å². The highest BCUT2D eigenvalue weighted by Crippen LogP contribution is 2.38. The molecule has 0 bridgehead atoms. The average Bonchev–Trinajstić information content (AvgIpc) is 2.59. The van der Waals surface area contributed by atoms with Crippen LogP contribution >= 0.6 is 0 Å². The van der Waals surface area contributed by atoms with Gasteiger partial charge in [-0.1, -0.05) is 0 Å². The molecule has 0 radical (unpaired) electrons. The Balaban J connectivity index is 2.20. The average molecular weight is 448 g/mol. The van der Waals surface area contributed by atoms with Gasteiger partial charge in [-0.2, -0.15) is 39.5 Å². The van der Waals surface area contributed by atoms with E-state index in [2.05, 4.69) is 4.74 Å². The summed E-state index contributed by atoms with van der Waals surface area (Å²) in [6.07, 6.45) is -14.8. The van der Waals surface area contributed by atoms with E-state index in [0.717, 1.165) is 0 Å². The number of anilines is 1. The van der Waals surface area contributed by atoms with Crippen LogP contribution in [0.2, 0.25) is 0 Å². The highest BCUT2D eigenvalue weighted by molar-refractivity contribution is 5.91. The Labute approximate surface area is 160 Å². The van der Waals surface area contributed by atoms with E-state index in [9.17, 15) is 49.1 Å². The number of aromatic amines is 1. The van der Waals surface area contributed by atoms with Crippen LogP contribution in [0.1, 0.15) is 16.7 Å². The molecule has 5 nitrogen and oxygen atoms in total. The molecule has 2 N–H and O–H groups in total. The van der Waals surface area contributed by atoms with Crippen LogP contribution in [0.25, 0.3) is 0 Å². The van der Waals surface area contributed by atoms with Crippen LogP contribution in [0.4, 0.5) is 45.2 Å². The number of carbonyl (C=O) groups excluding carboxylic acids is 1. The summed E-state index contributed by atoms with van der Waals surface area (Å²) in [5.41, 5.74) is -6.68. The van der Waals surface area contributed by atoms with Gasteiger partial charge in [-0.15, -0.1) is 0 Å². The Morgan fingerprint density at radius 1 is 0.833 bits per heavy atom. The Morgan fingerprint density at radius 2 is 1.33 bits per heavy atom. The maximum atomic E-state index is 12.8. The van der Waals surface area contributed by atoms with E-state index in [-0.39, 0.29) is 18.2 Å². The van der Waals surface area contributed by atoms with Crippen molar-refractivity contribution in [3.8, 4) is 5.75 Å². The highest BCUT2D eigenvalue weighted by Gasteiger charge is 2.37. The molecule has 1 amide bonds. The van der Waals surface area contributed by atoms with Crippen molar-refractivity contribution in [3.63, 3.8) is 0 Å². The maximum absolute atomic E-state index is 12.8. The third kappa shape index (κ3) is 5.90. The van der Waals surface area contributed by atoms with Gasteiger partial charge in [0.25, 0.3) is 11.5 Å². The lowest BCUT2D eigenvalue weighted by molar-refractivity contribution is -0.143. The van der Waals surface area contributed by atoms with Crippen molar-refractivity contribution in [1.29, 1.82) is 0 Å². The third-order valence-electron chi connectivity index (χ3n) is 3.44. The Kier molecular flexibility index (Phi) is 6.09. The van der Waals surface area contributed by atoms with Gasteiger partial charge < -0.3 is 15.0 Å². The predicted octanol–water partition coefficient (Wildman–Crippen LogP) is 4.45. The molecular weight excluding hydrogens is 439 g/mol. The standard InChI is InChI=1S/C16H9F9N2O3/c17-14(18,19)7-1-8(15(20,21)22)3-10(2-7)30-6-12(28)27-11-4-9(16(23,24)25)5-26-13(11)29/h1-5H,6H2,(H,26,29)(H,27,28). The number of nitrogens with one attached hydrogen (secondary N) is 2. The second-order valence-electron chi connectivity index (χ2n) is 5.71. The minimum atomic E-state index is -5.15. The highest BCUT2D eigenvalue weighted by atomic mass is 19.4. The molecule has 14 heteroatoms. The van der Waals surface area contributed by atoms with Gasteiger partial charge in [0, 0.05) is 6.20 Å². The number of halogens is 9. The monoisotopic (exact) mass is 448 g/mol. The number of hydrogen-bond donors (Lipinski definition) is 2. The summed E-state index contributed by atoms with van der Waals surface area (Å²) in [6.45, 7) is -1.19. The van der Waals surface area contributed by atoms with Crippen molar-refractivity contribution in [2.45, 2.75) is 18.5 Å². The first-order chi connectivity index (χ1) is 13.6. The van der Waals surface area contributed by atoms with E-state index in [1.54, 1.807) is 10.3 Å². The number of benzene rings is 1. The van der Waals surface area contributed by atoms with Crippen LogP contribution in [0.5, 0.6) is 5.75 Å². The number of carbonyl (C=O) groups is 1. The van der Waals surface area contributed by atoms with Crippen molar-refractivity contribution in [1.82, 2.24) is 4.98 Å². The van der Waals surface area contributed by atoms with E-state index in [0.29, 0.717) is 12.3 Å². The normalized spacial score (nSPS) is 12.6. The van der Waals surface area contributed by atoms with Gasteiger partial charge in [0.1, 0.15) is 11.4 Å². The lowest BCUT2D eigenvalue weighted by Gasteiger charge is -2.15. The fraction of sp³-hybridized carbons (Fsp3) is 0.250. The molecule has 0 unspecified atom stereocenters. The molecule has 0 fully saturated rings. The molecule has 0 aliphatic heterocycles. The lowest BCUT2D eigenvalue weighted by Crippen LogP contribution is -2.25. The van der Waals surface area contributed by atoms with Gasteiger partial charge in [-0.25, -0.2) is 0 Å². The van der Waals surface area contributed by atoms with Gasteiger partial charge in [0.2, 0.25) is 0 Å². The van der Waals surface area contributed by atoms with E-state index in [4.69, 9.17) is 0 Å². The molecule has 0 spiro atoms. The van der Waals surface area contributed by atoms with Crippen molar-refractivity contribution < 1.29 is 49.0 Å². The van der Waals surface area contributed by atoms with Gasteiger partial charge in [-0.05, 0) is 24.3 Å². The molecular formula is C16H9F9N2O3. The van der Waals surface area contributed by atoms with Crippen molar-refractivity contribution in [2.24, 2.45) is 0 Å². The molecule has 0 saturated heterocycles. The number of H-pyrrole nitrogens is 1. The van der Waals surface area contributed by atoms with Crippen LogP contribution < -0.4 is 15.6 Å². The molecule has 0 atom stereocenters. The summed E-state index contributed by atoms with van der Waals surface area (Å²) >= 11 is 0. The number of rotatable bonds is 4. The van der Waals surface area contributed by atoms with E-state index in [1.807, 2.05) is 0 Å². The lowest BCUT2D eigenvalue weighted by atomic mass is 10.1. The van der Waals surface area contributed by atoms with Crippen molar-refractivity contribution in [3.05, 3.63) is 57.5 Å². The molecule has 0 aliphatic rings. The predicted molar refractivity (Wildman–Crippen MR) is 82.6 cm³/mol. The van der Waals surface area contributed by atoms with Crippen molar-refractivity contribution >= 4 is 11.6 Å². The smallest absolute Gasteiger partial charge is 0.417 e. The molecule has 164 valence electrons. The molecule has 2 aromatic rings. The summed E-state index contributed by atoms with van der Waals surface area (Å²) in [5.74, 6) is -2.27. The molecule has 0 aliphatic carbocycles. The van der Waals surface area contributed by atoms with Crippen LogP contribution in [0.15, 0.2) is 35.3 Å². The van der Waals surface area contributed by atoms with Gasteiger partial charge in [0.15, 0.2) is 6.61 Å². The quantitative estimate of drug-likeness (QED) is 0.680. The number of amides is 1. The Hall–Kier alpha value is -3.19. The SMILES string of the molecule is O=C(COc1cc(C(F)(F)F)cc(C(F)(F)F)c1)Nc1cc(C(F)(F)F)c[nH]c1=O. The van der Waals surface area contributed by atoms with Crippen LogP contribution in [-0.2, 0) is 23.3 Å². The summed E-state index contributed by atoms with van der Waals surface area (Å²) in [6, 6.07) is 0.553. The zero-order valence-electron chi connectivity index (χ0n) is 14.2. The zero-order valence-corrected chi connectivity index (χ0v) is 14.2. The minimum absolute atomic E-state index is 0.158. The van der Waals surface area contributed by atoms with Crippen LogP contribution in [-0.4, -0.2) is 17.5 Å². The van der Waals surface area contributed by atoms with E-state index >= 15 is 0 Å². The largest absolute Gasteiger partial charge is 0.484 e. The number of pyridine rings is 1. The number of aromatic nitrogens is 1. The third-order valence-corrected chi connectivity index (χ3v) is 3.44. The summed E-state index contributed by atoms with van der Waals surface area (Å²) in [7, 11) is 0. The zero-order chi connectivity index (χ0) is 22.9. The van der Waals surface area contributed by atoms with Crippen molar-refractivity contribution in [2.75, 3.05) is 11.9 Å². The topological polar surface area (TPSA) is 71.2 Å². The van der Waals surface area contributed by atoms with E-state index < -0.39 is 64.7 Å². The van der Waals surface area contributed by atoms with Crippen LogP contribution in [0, 0.1) is 0 Å². The first-order valence-electron chi connectivity index (χ1n) is 7.59. The molecule has 2 rings (SSSR count). The Morgan fingerprint density at radius 3 is 1.80 bits per heavy atom. The summed E-state index contributed by atoms with van der Waals surface area (Å²) in [4.78, 5) is 25.0. The number of ether oxygens (including phenoxy) is 1. The fourth-order valence-corrected chi connectivity index (χ4v) is 2.09. The maximum Gasteiger partial charge on any atom is 0.417 e. The minimum Gasteiger partial charge on any atom is -0.484 e. The van der Waals surface area contributed by atoms with Gasteiger partial charge >= 0.3 is 18.5 Å². The first kappa shape index (κ1) is 23.1. The van der Waals surface area contributed by atoms with Crippen LogP contribution in [0.3, 0.4) is 0 Å². The fourth-order valence-electron chi connectivity index (χ4n) is 2.09. The Bertz CT molecular complexity index is 959. The van der Waals surface area contributed by atoms with Gasteiger partial charge in [0.05, 0.1) is 16.7 Å². The molecule has 1 heterocycles. The second kappa shape index (κ2) is 7.91. The number of hydrogen-bond acceptors (Lipinski definition) is 3. The summed E-state index contributed by atoms with van der Waals surface area (Å²) in [5, 5.41) is 1.73. The molecule has 1 aromatic carbocycles. The molecule has 30 heavy (non-hydrogen) atoms. The second-order valence-corrected chi connectivity index (χ2v) is 5.71. The molecule has 1 aromatic heterocycles. The first-order valence-corrected chi connectivity index (χ1v) is 7.59. The molecule has 0 saturated carbocycles. The van der Waals surface area contributed by atoms with Gasteiger partial charge in [-0.3, -0.25) is 9.59 Å². The summed E-state index contributed by atoms with van der Waals surface area (Å²) < 4.78 is 119. The number of alkyl halides is 9.